The van der Waals surface area contributed by atoms with E-state index in [0.717, 1.165) is 0 Å². The van der Waals surface area contributed by atoms with Crippen molar-refractivity contribution in [1.82, 2.24) is 0 Å². The van der Waals surface area contributed by atoms with Crippen molar-refractivity contribution in [2.24, 2.45) is 0 Å². The fraction of sp³-hybridized carbons (Fsp3) is 0. The second-order valence-electron chi connectivity index (χ2n) is 2.28. The molecule has 0 aliphatic rings. The lowest BCUT2D eigenvalue weighted by atomic mass is 10.1. The van der Waals surface area contributed by atoms with Gasteiger partial charge in [-0.1, -0.05) is 11.8 Å². The number of benzene rings is 1. The van der Waals surface area contributed by atoms with Crippen LogP contribution < -0.4 is 11.5 Å². The molecule has 58 valence electrons. The molecule has 0 saturated heterocycles. The van der Waals surface area contributed by atoms with Crippen LogP contribution in [0.5, 0.6) is 0 Å². The van der Waals surface area contributed by atoms with Gasteiger partial charge in [0.25, 0.3) is 0 Å². The number of terminal acetylenes is 2. The molecule has 2 nitrogen and oxygen atoms in total. The normalized spacial score (nSPS) is 8.50. The second-order valence-corrected chi connectivity index (χ2v) is 2.28. The Labute approximate surface area is 71.6 Å². The van der Waals surface area contributed by atoms with Crippen LogP contribution in [0.1, 0.15) is 11.1 Å². The largest absolute Gasteiger partial charge is 0.396 e. The fourth-order valence-electron chi connectivity index (χ4n) is 0.888. The summed E-state index contributed by atoms with van der Waals surface area (Å²) in [6, 6.07) is 3.36. The van der Waals surface area contributed by atoms with Gasteiger partial charge in [0.05, 0.1) is 11.4 Å². The van der Waals surface area contributed by atoms with E-state index >= 15 is 0 Å². The molecule has 1 aromatic carbocycles. The highest BCUT2D eigenvalue weighted by Crippen LogP contribution is 2.22. The first-order valence-electron chi connectivity index (χ1n) is 3.32. The van der Waals surface area contributed by atoms with E-state index in [4.69, 9.17) is 24.3 Å². The number of anilines is 2. The minimum absolute atomic E-state index is 0.382. The summed E-state index contributed by atoms with van der Waals surface area (Å²) >= 11 is 0. The SMILES string of the molecule is C#Cc1ccc(C#C)c(N)c1N. The first-order chi connectivity index (χ1) is 5.70. The van der Waals surface area contributed by atoms with Gasteiger partial charge < -0.3 is 11.5 Å². The van der Waals surface area contributed by atoms with E-state index in [2.05, 4.69) is 11.8 Å². The van der Waals surface area contributed by atoms with Crippen LogP contribution in [0.3, 0.4) is 0 Å². The molecule has 0 radical (unpaired) electrons. The maximum absolute atomic E-state index is 5.61. The maximum atomic E-state index is 5.61. The Bertz CT molecular complexity index is 353. The van der Waals surface area contributed by atoms with E-state index in [1.165, 1.54) is 0 Å². The van der Waals surface area contributed by atoms with Crippen LogP contribution in [0.15, 0.2) is 12.1 Å². The molecule has 0 spiro atoms. The first kappa shape index (κ1) is 8.04. The van der Waals surface area contributed by atoms with E-state index in [1.54, 1.807) is 12.1 Å². The zero-order chi connectivity index (χ0) is 9.14. The van der Waals surface area contributed by atoms with Crippen LogP contribution in [0.25, 0.3) is 0 Å². The average molecular weight is 156 g/mol. The zero-order valence-electron chi connectivity index (χ0n) is 6.46. The van der Waals surface area contributed by atoms with Crippen molar-refractivity contribution in [2.75, 3.05) is 11.5 Å². The van der Waals surface area contributed by atoms with Crippen molar-refractivity contribution in [3.8, 4) is 24.7 Å². The quantitative estimate of drug-likeness (QED) is 0.431. The Morgan fingerprint density at radius 1 is 0.917 bits per heavy atom. The summed E-state index contributed by atoms with van der Waals surface area (Å²) in [7, 11) is 0. The lowest BCUT2D eigenvalue weighted by molar-refractivity contribution is 1.58. The van der Waals surface area contributed by atoms with E-state index < -0.39 is 0 Å². The van der Waals surface area contributed by atoms with Gasteiger partial charge in [0.2, 0.25) is 0 Å². The summed E-state index contributed by atoms with van der Waals surface area (Å²) in [5.74, 6) is 4.83. The van der Waals surface area contributed by atoms with Gasteiger partial charge in [0, 0.05) is 11.1 Å². The Balaban J connectivity index is 3.45. The van der Waals surface area contributed by atoms with Crippen molar-refractivity contribution < 1.29 is 0 Å². The van der Waals surface area contributed by atoms with E-state index in [1.807, 2.05) is 0 Å². The van der Waals surface area contributed by atoms with Crippen LogP contribution in [0.2, 0.25) is 0 Å². The number of hydrogen-bond donors (Lipinski definition) is 2. The molecule has 0 heterocycles. The number of hydrogen-bond acceptors (Lipinski definition) is 2. The summed E-state index contributed by atoms with van der Waals surface area (Å²) in [5, 5.41) is 0. The zero-order valence-corrected chi connectivity index (χ0v) is 6.46. The van der Waals surface area contributed by atoms with Gasteiger partial charge in [-0.2, -0.15) is 0 Å². The molecule has 0 atom stereocenters. The Hall–Kier alpha value is -2.06. The van der Waals surface area contributed by atoms with Gasteiger partial charge in [-0.25, -0.2) is 0 Å². The van der Waals surface area contributed by atoms with E-state index in [9.17, 15) is 0 Å². The molecular weight excluding hydrogens is 148 g/mol. The fourth-order valence-corrected chi connectivity index (χ4v) is 0.888. The molecule has 12 heavy (non-hydrogen) atoms. The Morgan fingerprint density at radius 2 is 1.25 bits per heavy atom. The number of rotatable bonds is 0. The lowest BCUT2D eigenvalue weighted by Gasteiger charge is -2.04. The molecule has 0 bridgehead atoms. The lowest BCUT2D eigenvalue weighted by Crippen LogP contribution is -2.00. The average Bonchev–Trinajstić information content (AvgIpc) is 2.10. The molecule has 0 saturated carbocycles. The Morgan fingerprint density at radius 3 is 1.50 bits per heavy atom. The third-order valence-corrected chi connectivity index (χ3v) is 1.60. The van der Waals surface area contributed by atoms with Crippen LogP contribution in [-0.2, 0) is 0 Å². The van der Waals surface area contributed by atoms with Gasteiger partial charge >= 0.3 is 0 Å². The summed E-state index contributed by atoms with van der Waals surface area (Å²) in [4.78, 5) is 0. The van der Waals surface area contributed by atoms with Gasteiger partial charge in [0.1, 0.15) is 0 Å². The minimum Gasteiger partial charge on any atom is -0.396 e. The van der Waals surface area contributed by atoms with Crippen LogP contribution >= 0.6 is 0 Å². The predicted molar refractivity (Wildman–Crippen MR) is 51.1 cm³/mol. The first-order valence-corrected chi connectivity index (χ1v) is 3.32. The third kappa shape index (κ3) is 1.07. The van der Waals surface area contributed by atoms with Crippen molar-refractivity contribution >= 4 is 11.4 Å². The number of nitrogen functional groups attached to an aromatic ring is 2. The van der Waals surface area contributed by atoms with Crippen LogP contribution in [0, 0.1) is 24.7 Å². The van der Waals surface area contributed by atoms with Crippen molar-refractivity contribution in [1.29, 1.82) is 0 Å². The highest BCUT2D eigenvalue weighted by molar-refractivity contribution is 5.77. The molecule has 0 aliphatic carbocycles. The topological polar surface area (TPSA) is 52.0 Å². The van der Waals surface area contributed by atoms with Crippen LogP contribution in [-0.4, -0.2) is 0 Å². The minimum atomic E-state index is 0.382. The summed E-state index contributed by atoms with van der Waals surface area (Å²) < 4.78 is 0. The van der Waals surface area contributed by atoms with Crippen molar-refractivity contribution in [3.63, 3.8) is 0 Å². The third-order valence-electron chi connectivity index (χ3n) is 1.60. The molecule has 1 rings (SSSR count). The molecule has 0 fully saturated rings. The predicted octanol–water partition coefficient (Wildman–Crippen LogP) is 0.814. The monoisotopic (exact) mass is 156 g/mol. The van der Waals surface area contributed by atoms with E-state index in [0.29, 0.717) is 22.5 Å². The Kier molecular flexibility index (Phi) is 1.94. The highest BCUT2D eigenvalue weighted by atomic mass is 14.7. The number of nitrogens with two attached hydrogens (primary N) is 2. The molecule has 1 aromatic rings. The van der Waals surface area contributed by atoms with Crippen molar-refractivity contribution in [2.45, 2.75) is 0 Å². The highest BCUT2D eigenvalue weighted by Gasteiger charge is 2.03. The van der Waals surface area contributed by atoms with Gasteiger partial charge in [-0.15, -0.1) is 12.8 Å². The maximum Gasteiger partial charge on any atom is 0.0719 e. The smallest absolute Gasteiger partial charge is 0.0719 e. The standard InChI is InChI=1S/C10H8N2/c1-3-7-5-6-8(4-2)10(12)9(7)11/h1-2,5-6H,11-12H2. The molecular formula is C10H8N2. The van der Waals surface area contributed by atoms with Crippen molar-refractivity contribution in [3.05, 3.63) is 23.3 Å². The van der Waals surface area contributed by atoms with E-state index in [-0.39, 0.29) is 0 Å². The summed E-state index contributed by atoms with van der Waals surface area (Å²) in [6.45, 7) is 0. The van der Waals surface area contributed by atoms with Gasteiger partial charge in [-0.05, 0) is 12.1 Å². The molecule has 2 heteroatoms. The molecule has 0 aromatic heterocycles. The summed E-state index contributed by atoms with van der Waals surface area (Å²) in [5.41, 5.74) is 13.1. The molecule has 0 amide bonds. The second kappa shape index (κ2) is 2.90. The molecule has 4 N–H and O–H groups in total. The molecule has 0 aliphatic heterocycles. The van der Waals surface area contributed by atoms with Crippen LogP contribution in [0.4, 0.5) is 11.4 Å². The van der Waals surface area contributed by atoms with Gasteiger partial charge in [-0.3, -0.25) is 0 Å². The van der Waals surface area contributed by atoms with Gasteiger partial charge in [0.15, 0.2) is 0 Å². The summed E-state index contributed by atoms with van der Waals surface area (Å²) in [6.07, 6.45) is 10.3. The molecule has 0 unspecified atom stereocenters.